The van der Waals surface area contributed by atoms with Crippen molar-refractivity contribution < 1.29 is 13.2 Å². The molecule has 0 radical (unpaired) electrons. The zero-order valence-electron chi connectivity index (χ0n) is 14.3. The molecule has 1 saturated heterocycles. The zero-order valence-corrected chi connectivity index (χ0v) is 15.9. The highest BCUT2D eigenvalue weighted by molar-refractivity contribution is 7.99. The van der Waals surface area contributed by atoms with Crippen LogP contribution in [0.3, 0.4) is 0 Å². The van der Waals surface area contributed by atoms with Crippen molar-refractivity contribution in [3.8, 4) is 0 Å². The van der Waals surface area contributed by atoms with E-state index in [2.05, 4.69) is 9.97 Å². The van der Waals surface area contributed by atoms with Gasteiger partial charge in [0.25, 0.3) is 0 Å². The van der Waals surface area contributed by atoms with E-state index in [0.29, 0.717) is 38.9 Å². The molecule has 3 heterocycles. The number of hydrogen-bond donors (Lipinski definition) is 1. The van der Waals surface area contributed by atoms with Gasteiger partial charge in [-0.1, -0.05) is 0 Å². The van der Waals surface area contributed by atoms with E-state index in [1.807, 2.05) is 18.1 Å². The van der Waals surface area contributed by atoms with Gasteiger partial charge >= 0.3 is 0 Å². The molecule has 9 heteroatoms. The first-order valence-electron chi connectivity index (χ1n) is 8.12. The Balaban J connectivity index is 1.90. The van der Waals surface area contributed by atoms with Gasteiger partial charge in [0, 0.05) is 31.7 Å². The Labute approximate surface area is 147 Å². The topological polar surface area (TPSA) is 86.4 Å². The lowest BCUT2D eigenvalue weighted by molar-refractivity contribution is -0.132. The highest BCUT2D eigenvalue weighted by Crippen LogP contribution is 2.43. The third kappa shape index (κ3) is 2.86. The van der Waals surface area contributed by atoms with Gasteiger partial charge in [-0.2, -0.15) is 16.1 Å². The maximum atomic E-state index is 12.4. The number of imidazole rings is 1. The quantitative estimate of drug-likeness (QED) is 0.848. The van der Waals surface area contributed by atoms with Crippen LogP contribution in [-0.4, -0.2) is 70.9 Å². The van der Waals surface area contributed by atoms with Crippen molar-refractivity contribution in [2.24, 2.45) is 0 Å². The van der Waals surface area contributed by atoms with Gasteiger partial charge in [0.15, 0.2) is 0 Å². The number of fused-ring (bicyclic) bond motifs is 2. The maximum absolute atomic E-state index is 12.4. The molecule has 1 amide bonds. The summed E-state index contributed by atoms with van der Waals surface area (Å²) in [6, 6.07) is 0. The van der Waals surface area contributed by atoms with Crippen LogP contribution in [0.25, 0.3) is 0 Å². The Bertz CT molecular complexity index is 723. The van der Waals surface area contributed by atoms with Gasteiger partial charge in [-0.15, -0.1) is 0 Å². The number of hydrogen-bond acceptors (Lipinski definition) is 5. The molecular weight excluding hydrogens is 348 g/mol. The summed E-state index contributed by atoms with van der Waals surface area (Å²) in [4.78, 5) is 21.9. The first-order chi connectivity index (χ1) is 11.3. The molecule has 0 bridgehead atoms. The van der Waals surface area contributed by atoms with Crippen LogP contribution in [0, 0.1) is 0 Å². The van der Waals surface area contributed by atoms with E-state index < -0.39 is 15.6 Å². The Hall–Kier alpha value is -1.06. The van der Waals surface area contributed by atoms with Crippen LogP contribution in [0.5, 0.6) is 0 Å². The van der Waals surface area contributed by atoms with Crippen LogP contribution in [0.1, 0.15) is 31.2 Å². The fraction of sp³-hybridized carbons (Fsp3) is 0.733. The Morgan fingerprint density at radius 3 is 2.62 bits per heavy atom. The van der Waals surface area contributed by atoms with Gasteiger partial charge < -0.3 is 9.88 Å². The van der Waals surface area contributed by atoms with Crippen molar-refractivity contribution in [3.63, 3.8) is 0 Å². The minimum atomic E-state index is -3.34. The standard InChI is InChI=1S/C15H24N4O3S2/c1-11(23-2)14(20)18-8-5-15(6-9-18)13-12(16-10-17-13)4-7-19(15)24(3,21)22/h10-11H,4-9H2,1-3H3,(H,16,17)/t11-/m1/s1. The van der Waals surface area contributed by atoms with Crippen LogP contribution in [0.4, 0.5) is 0 Å². The molecule has 1 fully saturated rings. The highest BCUT2D eigenvalue weighted by atomic mass is 32.2. The van der Waals surface area contributed by atoms with E-state index in [1.165, 1.54) is 18.0 Å². The number of thioether (sulfide) groups is 1. The number of carbonyl (C=O) groups excluding carboxylic acids is 1. The molecule has 134 valence electrons. The summed E-state index contributed by atoms with van der Waals surface area (Å²) in [6.45, 7) is 3.49. The second-order valence-electron chi connectivity index (χ2n) is 6.55. The summed E-state index contributed by atoms with van der Waals surface area (Å²) < 4.78 is 26.3. The molecule has 7 nitrogen and oxygen atoms in total. The van der Waals surface area contributed by atoms with Crippen LogP contribution >= 0.6 is 11.8 Å². The molecule has 1 aromatic heterocycles. The molecule has 1 N–H and O–H groups in total. The Kier molecular flexibility index (Phi) is 4.69. The minimum absolute atomic E-state index is 0.0719. The predicted octanol–water partition coefficient (Wildman–Crippen LogP) is 0.797. The van der Waals surface area contributed by atoms with Gasteiger partial charge in [0.05, 0.1) is 29.1 Å². The number of nitrogens with one attached hydrogen (secondary N) is 1. The molecule has 2 aliphatic heterocycles. The van der Waals surface area contributed by atoms with E-state index in [-0.39, 0.29) is 11.2 Å². The van der Waals surface area contributed by atoms with Gasteiger partial charge in [-0.3, -0.25) is 4.79 Å². The van der Waals surface area contributed by atoms with Gasteiger partial charge in [0.1, 0.15) is 0 Å². The molecule has 3 rings (SSSR count). The van der Waals surface area contributed by atoms with Gasteiger partial charge in [-0.25, -0.2) is 13.4 Å². The normalized spacial score (nSPS) is 22.4. The largest absolute Gasteiger partial charge is 0.348 e. The van der Waals surface area contributed by atoms with Gasteiger partial charge in [-0.05, 0) is 26.0 Å². The number of likely N-dealkylation sites (tertiary alicyclic amines) is 1. The molecule has 1 aromatic rings. The summed E-state index contributed by atoms with van der Waals surface area (Å²) in [6.07, 6.45) is 6.66. The summed E-state index contributed by atoms with van der Waals surface area (Å²) in [5.41, 5.74) is 1.23. The molecule has 24 heavy (non-hydrogen) atoms. The summed E-state index contributed by atoms with van der Waals surface area (Å²) in [5, 5.41) is -0.0719. The van der Waals surface area contributed by atoms with Gasteiger partial charge in [0.2, 0.25) is 15.9 Å². The third-order valence-electron chi connectivity index (χ3n) is 5.21. The molecular formula is C15H24N4O3S2. The number of piperidine rings is 1. The number of sulfonamides is 1. The second-order valence-corrected chi connectivity index (χ2v) is 9.63. The second kappa shape index (κ2) is 6.34. The first-order valence-corrected chi connectivity index (χ1v) is 11.3. The number of aromatic nitrogens is 2. The number of amides is 1. The predicted molar refractivity (Wildman–Crippen MR) is 94.3 cm³/mol. The molecule has 0 aromatic carbocycles. The number of H-pyrrole nitrogens is 1. The average molecular weight is 373 g/mol. The van der Waals surface area contributed by atoms with Crippen molar-refractivity contribution in [1.82, 2.24) is 19.2 Å². The van der Waals surface area contributed by atoms with Crippen molar-refractivity contribution in [3.05, 3.63) is 17.7 Å². The number of aromatic amines is 1. The van der Waals surface area contributed by atoms with Crippen LogP contribution in [0.2, 0.25) is 0 Å². The maximum Gasteiger partial charge on any atom is 0.235 e. The minimum Gasteiger partial charge on any atom is -0.348 e. The zero-order chi connectivity index (χ0) is 17.5. The van der Waals surface area contributed by atoms with Crippen molar-refractivity contribution in [2.75, 3.05) is 32.1 Å². The van der Waals surface area contributed by atoms with Crippen LogP contribution in [-0.2, 0) is 26.8 Å². The summed E-state index contributed by atoms with van der Waals surface area (Å²) in [5.74, 6) is 0.126. The lowest BCUT2D eigenvalue weighted by Gasteiger charge is -2.49. The monoisotopic (exact) mass is 372 g/mol. The number of carbonyl (C=O) groups is 1. The molecule has 0 unspecified atom stereocenters. The fourth-order valence-electron chi connectivity index (χ4n) is 3.88. The van der Waals surface area contributed by atoms with Crippen molar-refractivity contribution in [2.45, 2.75) is 37.0 Å². The summed E-state index contributed by atoms with van der Waals surface area (Å²) in [7, 11) is -3.34. The lowest BCUT2D eigenvalue weighted by atomic mass is 9.80. The smallest absolute Gasteiger partial charge is 0.235 e. The number of nitrogens with zero attached hydrogens (tertiary/aromatic N) is 3. The van der Waals surface area contributed by atoms with E-state index in [9.17, 15) is 13.2 Å². The molecule has 1 atom stereocenters. The number of rotatable bonds is 3. The molecule has 0 saturated carbocycles. The molecule has 1 spiro atoms. The van der Waals surface area contributed by atoms with E-state index in [1.54, 1.807) is 10.6 Å². The Morgan fingerprint density at radius 2 is 2.04 bits per heavy atom. The first kappa shape index (κ1) is 17.8. The lowest BCUT2D eigenvalue weighted by Crippen LogP contribution is -2.59. The third-order valence-corrected chi connectivity index (χ3v) is 7.45. The average Bonchev–Trinajstić information content (AvgIpc) is 3.03. The SMILES string of the molecule is CS[C@H](C)C(=O)N1CCC2(CC1)c1nc[nH]c1CCN2S(C)(=O)=O. The van der Waals surface area contributed by atoms with E-state index in [4.69, 9.17) is 0 Å². The fourth-order valence-corrected chi connectivity index (χ4v) is 5.56. The van der Waals surface area contributed by atoms with Crippen LogP contribution in [0.15, 0.2) is 6.33 Å². The van der Waals surface area contributed by atoms with E-state index >= 15 is 0 Å². The van der Waals surface area contributed by atoms with Crippen molar-refractivity contribution in [1.29, 1.82) is 0 Å². The molecule has 2 aliphatic rings. The van der Waals surface area contributed by atoms with E-state index in [0.717, 1.165) is 11.4 Å². The summed E-state index contributed by atoms with van der Waals surface area (Å²) >= 11 is 1.53. The molecule has 0 aliphatic carbocycles. The highest BCUT2D eigenvalue weighted by Gasteiger charge is 2.50. The van der Waals surface area contributed by atoms with Crippen LogP contribution < -0.4 is 0 Å². The van der Waals surface area contributed by atoms with Crippen molar-refractivity contribution >= 4 is 27.7 Å². The Morgan fingerprint density at radius 1 is 1.38 bits per heavy atom.